The van der Waals surface area contributed by atoms with Gasteiger partial charge in [0.1, 0.15) is 11.2 Å². The van der Waals surface area contributed by atoms with Gasteiger partial charge in [-0.1, -0.05) is 6.07 Å². The Kier molecular flexibility index (Phi) is 6.62. The van der Waals surface area contributed by atoms with Crippen molar-refractivity contribution in [2.24, 2.45) is 0 Å². The molecule has 0 aliphatic heterocycles. The van der Waals surface area contributed by atoms with Crippen LogP contribution in [-0.4, -0.2) is 30.4 Å². The van der Waals surface area contributed by atoms with Crippen molar-refractivity contribution in [2.45, 2.75) is 52.7 Å². The number of hydrogen-bond acceptors (Lipinski definition) is 6. The van der Waals surface area contributed by atoms with Gasteiger partial charge in [0.05, 0.1) is 7.11 Å². The van der Waals surface area contributed by atoms with E-state index in [2.05, 4.69) is 0 Å². The minimum absolute atomic E-state index is 0.228. The molecule has 0 unspecified atom stereocenters. The molecule has 0 N–H and O–H groups in total. The summed E-state index contributed by atoms with van der Waals surface area (Å²) >= 11 is 0. The fourth-order valence-corrected chi connectivity index (χ4v) is 1.73. The molecule has 0 heterocycles. The second-order valence-electron chi connectivity index (χ2n) is 7.34. The number of rotatable bonds is 4. The minimum atomic E-state index is -0.817. The number of ether oxygens (including phenoxy) is 4. The van der Waals surface area contributed by atoms with Gasteiger partial charge in [0.25, 0.3) is 0 Å². The zero-order valence-corrected chi connectivity index (χ0v) is 15.8. The maximum Gasteiger partial charge on any atom is 0.514 e. The largest absolute Gasteiger partial charge is 0.514 e. The molecule has 0 amide bonds. The van der Waals surface area contributed by atoms with Crippen molar-refractivity contribution in [3.8, 4) is 11.5 Å². The van der Waals surface area contributed by atoms with Gasteiger partial charge >= 0.3 is 12.1 Å². The third-order valence-electron chi connectivity index (χ3n) is 2.59. The van der Waals surface area contributed by atoms with Gasteiger partial charge in [0.15, 0.2) is 11.5 Å². The maximum absolute atomic E-state index is 11.8. The topological polar surface area (TPSA) is 71.1 Å². The summed E-state index contributed by atoms with van der Waals surface area (Å²) in [5.74, 6) is 0.129. The smallest absolute Gasteiger partial charge is 0.493 e. The molecule has 0 saturated heterocycles. The zero-order valence-electron chi connectivity index (χ0n) is 15.8. The summed E-state index contributed by atoms with van der Waals surface area (Å²) in [6.07, 6.45) is 2.10. The highest BCUT2D eigenvalue weighted by atomic mass is 16.7. The van der Waals surface area contributed by atoms with Gasteiger partial charge in [-0.05, 0) is 65.3 Å². The van der Waals surface area contributed by atoms with Crippen molar-refractivity contribution >= 4 is 18.2 Å². The lowest BCUT2D eigenvalue weighted by molar-refractivity contribution is -0.148. The fraction of sp³-hybridized carbons (Fsp3) is 0.474. The molecule has 0 saturated carbocycles. The van der Waals surface area contributed by atoms with Gasteiger partial charge < -0.3 is 18.9 Å². The molecule has 0 radical (unpaired) electrons. The number of esters is 1. The van der Waals surface area contributed by atoms with Crippen LogP contribution in [0.25, 0.3) is 6.08 Å². The lowest BCUT2D eigenvalue weighted by atomic mass is 10.2. The number of hydrogen-bond donors (Lipinski definition) is 0. The molecule has 1 rings (SSSR count). The van der Waals surface area contributed by atoms with Gasteiger partial charge in [-0.25, -0.2) is 9.59 Å². The van der Waals surface area contributed by atoms with Gasteiger partial charge in [-0.2, -0.15) is 0 Å². The van der Waals surface area contributed by atoms with E-state index in [0.29, 0.717) is 11.3 Å². The monoisotopic (exact) mass is 350 g/mol. The first kappa shape index (κ1) is 20.5. The second kappa shape index (κ2) is 8.05. The van der Waals surface area contributed by atoms with Crippen molar-refractivity contribution in [2.75, 3.05) is 7.11 Å². The van der Waals surface area contributed by atoms with Crippen molar-refractivity contribution in [3.63, 3.8) is 0 Å². The van der Waals surface area contributed by atoms with Crippen LogP contribution in [0.3, 0.4) is 0 Å². The molecular formula is C19H26O6. The molecule has 1 aromatic carbocycles. The predicted octanol–water partition coefficient (Wildman–Crippen LogP) is 4.36. The highest BCUT2D eigenvalue weighted by Gasteiger charge is 2.19. The third-order valence-corrected chi connectivity index (χ3v) is 2.59. The van der Waals surface area contributed by atoms with E-state index in [1.54, 1.807) is 65.8 Å². The van der Waals surface area contributed by atoms with E-state index in [-0.39, 0.29) is 5.75 Å². The molecule has 138 valence electrons. The normalized spacial score (nSPS) is 12.0. The first-order valence-corrected chi connectivity index (χ1v) is 7.89. The predicted molar refractivity (Wildman–Crippen MR) is 94.7 cm³/mol. The van der Waals surface area contributed by atoms with Crippen LogP contribution in [-0.2, 0) is 14.3 Å². The second-order valence-corrected chi connectivity index (χ2v) is 7.34. The quantitative estimate of drug-likeness (QED) is 0.456. The molecule has 1 aromatic rings. The van der Waals surface area contributed by atoms with E-state index in [0.717, 1.165) is 0 Å². The summed E-state index contributed by atoms with van der Waals surface area (Å²) in [6.45, 7) is 10.6. The van der Waals surface area contributed by atoms with E-state index in [1.807, 2.05) is 0 Å². The molecular weight excluding hydrogens is 324 g/mol. The number of methoxy groups -OCH3 is 1. The minimum Gasteiger partial charge on any atom is -0.493 e. The molecule has 0 aromatic heterocycles. The summed E-state index contributed by atoms with van der Waals surface area (Å²) in [5, 5.41) is 0. The lowest BCUT2D eigenvalue weighted by Gasteiger charge is -2.19. The number of carbonyl (C=O) groups is 2. The van der Waals surface area contributed by atoms with Crippen LogP contribution in [0.4, 0.5) is 4.79 Å². The molecule has 0 spiro atoms. The average Bonchev–Trinajstić information content (AvgIpc) is 2.42. The molecule has 0 bridgehead atoms. The van der Waals surface area contributed by atoms with E-state index in [4.69, 9.17) is 18.9 Å². The van der Waals surface area contributed by atoms with Gasteiger partial charge in [-0.3, -0.25) is 0 Å². The Morgan fingerprint density at radius 1 is 0.920 bits per heavy atom. The van der Waals surface area contributed by atoms with Gasteiger partial charge in [0.2, 0.25) is 0 Å². The number of carbonyl (C=O) groups excluding carboxylic acids is 2. The Bertz CT molecular complexity index is 647. The van der Waals surface area contributed by atoms with Crippen molar-refractivity contribution in [1.29, 1.82) is 0 Å². The molecule has 6 heteroatoms. The molecule has 0 atom stereocenters. The van der Waals surface area contributed by atoms with Crippen LogP contribution in [0, 0.1) is 0 Å². The molecule has 6 nitrogen and oxygen atoms in total. The Balaban J connectivity index is 2.84. The summed E-state index contributed by atoms with van der Waals surface area (Å²) in [5.41, 5.74) is -0.510. The van der Waals surface area contributed by atoms with E-state index >= 15 is 0 Å². The van der Waals surface area contributed by atoms with Crippen LogP contribution in [0.15, 0.2) is 24.3 Å². The SMILES string of the molecule is COc1cc(C=CC(=O)OC(C)(C)C)ccc1OC(=O)OC(C)(C)C. The Morgan fingerprint density at radius 3 is 2.04 bits per heavy atom. The Labute approximate surface area is 148 Å². The summed E-state index contributed by atoms with van der Waals surface area (Å²) in [7, 11) is 1.46. The molecule has 25 heavy (non-hydrogen) atoms. The highest BCUT2D eigenvalue weighted by Crippen LogP contribution is 2.29. The molecule has 0 fully saturated rings. The van der Waals surface area contributed by atoms with Crippen molar-refractivity contribution in [1.82, 2.24) is 0 Å². The van der Waals surface area contributed by atoms with Gasteiger partial charge in [0, 0.05) is 6.08 Å². The lowest BCUT2D eigenvalue weighted by Crippen LogP contribution is -2.26. The van der Waals surface area contributed by atoms with Crippen LogP contribution < -0.4 is 9.47 Å². The first-order valence-electron chi connectivity index (χ1n) is 7.89. The van der Waals surface area contributed by atoms with Crippen LogP contribution in [0.5, 0.6) is 11.5 Å². The zero-order chi connectivity index (χ0) is 19.3. The summed E-state index contributed by atoms with van der Waals surface area (Å²) in [6, 6.07) is 4.89. The van der Waals surface area contributed by atoms with Crippen LogP contribution >= 0.6 is 0 Å². The summed E-state index contributed by atoms with van der Waals surface area (Å²) < 4.78 is 20.7. The fourth-order valence-electron chi connectivity index (χ4n) is 1.73. The third kappa shape index (κ3) is 8.24. The number of benzene rings is 1. The van der Waals surface area contributed by atoms with Crippen molar-refractivity contribution < 1.29 is 28.5 Å². The first-order chi connectivity index (χ1) is 11.4. The van der Waals surface area contributed by atoms with Crippen LogP contribution in [0.1, 0.15) is 47.1 Å². The average molecular weight is 350 g/mol. The van der Waals surface area contributed by atoms with Crippen molar-refractivity contribution in [3.05, 3.63) is 29.8 Å². The summed E-state index contributed by atoms with van der Waals surface area (Å²) in [4.78, 5) is 23.5. The van der Waals surface area contributed by atoms with E-state index in [9.17, 15) is 9.59 Å². The van der Waals surface area contributed by atoms with E-state index in [1.165, 1.54) is 13.2 Å². The van der Waals surface area contributed by atoms with E-state index < -0.39 is 23.3 Å². The maximum atomic E-state index is 11.8. The van der Waals surface area contributed by atoms with Crippen LogP contribution in [0.2, 0.25) is 0 Å². The molecule has 0 aliphatic rings. The molecule has 0 aliphatic carbocycles. The standard InChI is InChI=1S/C19H26O6/c1-18(2,3)24-16(20)11-9-13-8-10-14(15(12-13)22-7)23-17(21)25-19(4,5)6/h8-12H,1-7H3. The highest BCUT2D eigenvalue weighted by molar-refractivity contribution is 5.87. The Hall–Kier alpha value is -2.50. The van der Waals surface area contributed by atoms with Gasteiger partial charge in [-0.15, -0.1) is 0 Å². The Morgan fingerprint density at radius 2 is 1.52 bits per heavy atom.